The van der Waals surface area contributed by atoms with E-state index in [0.29, 0.717) is 24.5 Å². The van der Waals surface area contributed by atoms with Crippen molar-refractivity contribution in [3.63, 3.8) is 0 Å². The van der Waals surface area contributed by atoms with Crippen LogP contribution in [0.3, 0.4) is 0 Å². The maximum atomic E-state index is 11.4. The molecule has 0 bridgehead atoms. The Hall–Kier alpha value is -1.78. The summed E-state index contributed by atoms with van der Waals surface area (Å²) in [6.07, 6.45) is 0. The van der Waals surface area contributed by atoms with Crippen LogP contribution in [0, 0.1) is 17.2 Å². The van der Waals surface area contributed by atoms with Gasteiger partial charge in [0.25, 0.3) is 0 Å². The predicted octanol–water partition coefficient (Wildman–Crippen LogP) is 0.902. The topological polar surface area (TPSA) is 113 Å². The number of hydrogen-bond donors (Lipinski definition) is 2. The van der Waals surface area contributed by atoms with E-state index < -0.39 is 10.0 Å². The molecule has 0 aliphatic carbocycles. The first-order valence-corrected chi connectivity index (χ1v) is 7.41. The van der Waals surface area contributed by atoms with E-state index >= 15 is 0 Å². The molecule has 0 aromatic heterocycles. The summed E-state index contributed by atoms with van der Waals surface area (Å²) in [7, 11) is -3.77. The van der Waals surface area contributed by atoms with Gasteiger partial charge in [0, 0.05) is 13.1 Å². The van der Waals surface area contributed by atoms with Crippen molar-refractivity contribution in [2.24, 2.45) is 11.1 Å². The molecule has 0 saturated heterocycles. The summed E-state index contributed by atoms with van der Waals surface area (Å²) in [6.45, 7) is 4.80. The van der Waals surface area contributed by atoms with Crippen molar-refractivity contribution in [2.45, 2.75) is 18.7 Å². The first kappa shape index (κ1) is 15.3. The minimum Gasteiger partial charge on any atom is -0.397 e. The second-order valence-electron chi connectivity index (χ2n) is 4.33. The summed E-state index contributed by atoms with van der Waals surface area (Å²) in [6, 6.07) is 6.46. The zero-order valence-electron chi connectivity index (χ0n) is 11.0. The van der Waals surface area contributed by atoms with Gasteiger partial charge in [0.05, 0.1) is 28.3 Å². The van der Waals surface area contributed by atoms with Crippen LogP contribution in [0.15, 0.2) is 23.1 Å². The van der Waals surface area contributed by atoms with Crippen molar-refractivity contribution in [1.82, 2.24) is 0 Å². The fraction of sp³-hybridized carbons (Fsp3) is 0.417. The van der Waals surface area contributed by atoms with Gasteiger partial charge in [-0.15, -0.1) is 0 Å². The smallest absolute Gasteiger partial charge is 0.238 e. The molecule has 0 spiro atoms. The summed E-state index contributed by atoms with van der Waals surface area (Å²) >= 11 is 0. The number of anilines is 2. The van der Waals surface area contributed by atoms with E-state index in [1.54, 1.807) is 6.92 Å². The van der Waals surface area contributed by atoms with Gasteiger partial charge >= 0.3 is 0 Å². The number of nitriles is 1. The molecule has 19 heavy (non-hydrogen) atoms. The van der Waals surface area contributed by atoms with Crippen molar-refractivity contribution >= 4 is 21.4 Å². The number of benzene rings is 1. The SMILES string of the molecule is CCN(CC(C)C#N)c1cc(S(N)(=O)=O)ccc1N. The molecule has 1 aromatic carbocycles. The van der Waals surface area contributed by atoms with Gasteiger partial charge in [0.15, 0.2) is 0 Å². The van der Waals surface area contributed by atoms with Crippen molar-refractivity contribution in [3.8, 4) is 6.07 Å². The summed E-state index contributed by atoms with van der Waals surface area (Å²) in [5.41, 5.74) is 6.90. The van der Waals surface area contributed by atoms with Gasteiger partial charge in [0.1, 0.15) is 0 Å². The largest absolute Gasteiger partial charge is 0.397 e. The molecule has 0 aliphatic rings. The third-order valence-corrected chi connectivity index (χ3v) is 3.68. The van der Waals surface area contributed by atoms with Crippen LogP contribution in [-0.2, 0) is 10.0 Å². The molecule has 104 valence electrons. The zero-order chi connectivity index (χ0) is 14.6. The van der Waals surface area contributed by atoms with E-state index in [2.05, 4.69) is 6.07 Å². The molecule has 1 unspecified atom stereocenters. The molecule has 0 saturated carbocycles. The lowest BCUT2D eigenvalue weighted by Crippen LogP contribution is -2.28. The molecule has 1 atom stereocenters. The number of hydrogen-bond acceptors (Lipinski definition) is 5. The van der Waals surface area contributed by atoms with E-state index in [9.17, 15) is 8.42 Å². The third-order valence-electron chi connectivity index (χ3n) is 2.77. The molecule has 0 heterocycles. The molecule has 7 heteroatoms. The van der Waals surface area contributed by atoms with Crippen molar-refractivity contribution in [2.75, 3.05) is 23.7 Å². The minimum atomic E-state index is -3.77. The second kappa shape index (κ2) is 5.91. The van der Waals surface area contributed by atoms with Crippen LogP contribution < -0.4 is 15.8 Å². The lowest BCUT2D eigenvalue weighted by molar-refractivity contribution is 0.597. The Labute approximate surface area is 113 Å². The highest BCUT2D eigenvalue weighted by molar-refractivity contribution is 7.89. The van der Waals surface area contributed by atoms with E-state index in [0.717, 1.165) is 0 Å². The average molecular weight is 282 g/mol. The Morgan fingerprint density at radius 3 is 2.58 bits per heavy atom. The molecule has 6 nitrogen and oxygen atoms in total. The first-order chi connectivity index (χ1) is 8.79. The van der Waals surface area contributed by atoms with Crippen LogP contribution in [0.2, 0.25) is 0 Å². The van der Waals surface area contributed by atoms with E-state index in [4.69, 9.17) is 16.1 Å². The Balaban J connectivity index is 3.20. The summed E-state index contributed by atoms with van der Waals surface area (Å²) < 4.78 is 22.7. The Kier molecular flexibility index (Phi) is 4.75. The maximum Gasteiger partial charge on any atom is 0.238 e. The molecule has 0 fully saturated rings. The number of nitrogen functional groups attached to an aromatic ring is 1. The molecular weight excluding hydrogens is 264 g/mol. The summed E-state index contributed by atoms with van der Waals surface area (Å²) in [5, 5.41) is 14.0. The molecule has 0 amide bonds. The number of sulfonamides is 1. The number of nitrogens with two attached hydrogens (primary N) is 2. The Bertz CT molecular complexity index is 592. The van der Waals surface area contributed by atoms with Crippen LogP contribution in [-0.4, -0.2) is 21.5 Å². The van der Waals surface area contributed by atoms with Gasteiger partial charge in [-0.25, -0.2) is 13.6 Å². The normalized spacial score (nSPS) is 12.7. The highest BCUT2D eigenvalue weighted by Gasteiger charge is 2.15. The van der Waals surface area contributed by atoms with Crippen molar-refractivity contribution in [3.05, 3.63) is 18.2 Å². The Morgan fingerprint density at radius 1 is 1.47 bits per heavy atom. The maximum absolute atomic E-state index is 11.4. The Morgan fingerprint density at radius 2 is 2.11 bits per heavy atom. The van der Waals surface area contributed by atoms with Crippen LogP contribution in [0.1, 0.15) is 13.8 Å². The predicted molar refractivity (Wildman–Crippen MR) is 74.9 cm³/mol. The molecule has 4 N–H and O–H groups in total. The minimum absolute atomic E-state index is 0.0137. The monoisotopic (exact) mass is 282 g/mol. The van der Waals surface area contributed by atoms with Crippen LogP contribution in [0.5, 0.6) is 0 Å². The van der Waals surface area contributed by atoms with E-state index in [1.807, 2.05) is 11.8 Å². The number of rotatable bonds is 5. The fourth-order valence-corrected chi connectivity index (χ4v) is 2.28. The van der Waals surface area contributed by atoms with E-state index in [1.165, 1.54) is 18.2 Å². The average Bonchev–Trinajstić information content (AvgIpc) is 2.35. The molecule has 1 aromatic rings. The highest BCUT2D eigenvalue weighted by Crippen LogP contribution is 2.26. The summed E-state index contributed by atoms with van der Waals surface area (Å²) in [5.74, 6) is -0.183. The standard InChI is InChI=1S/C12H18N4O2S/c1-3-16(8-9(2)7-13)12-6-10(19(15,17)18)4-5-11(12)14/h4-6,9H,3,8,14H2,1-2H3,(H2,15,17,18). The lowest BCUT2D eigenvalue weighted by atomic mass is 10.1. The zero-order valence-corrected chi connectivity index (χ0v) is 11.8. The van der Waals surface area contributed by atoms with Crippen LogP contribution >= 0.6 is 0 Å². The van der Waals surface area contributed by atoms with Gasteiger partial charge < -0.3 is 10.6 Å². The third kappa shape index (κ3) is 3.84. The fourth-order valence-electron chi connectivity index (χ4n) is 1.74. The van der Waals surface area contributed by atoms with Crippen LogP contribution in [0.4, 0.5) is 11.4 Å². The van der Waals surface area contributed by atoms with Crippen molar-refractivity contribution in [1.29, 1.82) is 5.26 Å². The first-order valence-electron chi connectivity index (χ1n) is 5.86. The molecular formula is C12H18N4O2S. The second-order valence-corrected chi connectivity index (χ2v) is 5.90. The highest BCUT2D eigenvalue weighted by atomic mass is 32.2. The molecule has 1 rings (SSSR count). The van der Waals surface area contributed by atoms with Crippen molar-refractivity contribution < 1.29 is 8.42 Å². The van der Waals surface area contributed by atoms with Gasteiger partial charge in [-0.2, -0.15) is 5.26 Å². The van der Waals surface area contributed by atoms with Gasteiger partial charge in [0.2, 0.25) is 10.0 Å². The van der Waals surface area contributed by atoms with Gasteiger partial charge in [-0.05, 0) is 32.0 Å². The summed E-state index contributed by atoms with van der Waals surface area (Å²) in [4.78, 5) is 1.87. The lowest BCUT2D eigenvalue weighted by Gasteiger charge is -2.26. The number of primary sulfonamides is 1. The van der Waals surface area contributed by atoms with Gasteiger partial charge in [-0.3, -0.25) is 0 Å². The van der Waals surface area contributed by atoms with Crippen LogP contribution in [0.25, 0.3) is 0 Å². The molecule has 0 radical (unpaired) electrons. The quantitative estimate of drug-likeness (QED) is 0.779. The van der Waals surface area contributed by atoms with Gasteiger partial charge in [-0.1, -0.05) is 0 Å². The van der Waals surface area contributed by atoms with E-state index in [-0.39, 0.29) is 10.8 Å². The number of nitrogens with zero attached hydrogens (tertiary/aromatic N) is 2. The molecule has 0 aliphatic heterocycles.